The second kappa shape index (κ2) is 13.4. The van der Waals surface area contributed by atoms with Gasteiger partial charge in [-0.15, -0.1) is 0 Å². The summed E-state index contributed by atoms with van der Waals surface area (Å²) in [5.41, 5.74) is 14.4. The average molecular weight is 690 g/mol. The lowest BCUT2D eigenvalue weighted by atomic mass is 9.94. The summed E-state index contributed by atoms with van der Waals surface area (Å²) in [6.45, 7) is 0. The van der Waals surface area contributed by atoms with Gasteiger partial charge in [0, 0.05) is 27.7 Å². The van der Waals surface area contributed by atoms with Crippen LogP contribution in [0.25, 0.3) is 77.2 Å². The molecule has 0 atom stereocenters. The third-order valence-electron chi connectivity index (χ3n) is 10.5. The van der Waals surface area contributed by atoms with E-state index in [0.717, 1.165) is 50.1 Å². The molecule has 0 amide bonds. The molecule has 254 valence electrons. The van der Waals surface area contributed by atoms with E-state index in [1.807, 2.05) is 0 Å². The zero-order chi connectivity index (χ0) is 35.8. The van der Waals surface area contributed by atoms with Gasteiger partial charge in [0.2, 0.25) is 0 Å². The van der Waals surface area contributed by atoms with Crippen LogP contribution in [0.1, 0.15) is 0 Å². The summed E-state index contributed by atoms with van der Waals surface area (Å²) >= 11 is 0. The van der Waals surface area contributed by atoms with Crippen LogP contribution in [-0.4, -0.2) is 0 Å². The first-order valence-corrected chi connectivity index (χ1v) is 18.4. The van der Waals surface area contributed by atoms with Gasteiger partial charge in [0.25, 0.3) is 0 Å². The normalized spacial score (nSPS) is 11.3. The highest BCUT2D eigenvalue weighted by atomic mass is 16.3. The van der Waals surface area contributed by atoms with Crippen LogP contribution >= 0.6 is 0 Å². The van der Waals surface area contributed by atoms with Gasteiger partial charge in [0.1, 0.15) is 11.2 Å². The van der Waals surface area contributed by atoms with E-state index in [9.17, 15) is 0 Å². The minimum absolute atomic E-state index is 0.874. The predicted molar refractivity (Wildman–Crippen MR) is 228 cm³/mol. The number of nitrogens with zero attached hydrogens (tertiary/aromatic N) is 1. The maximum absolute atomic E-state index is 6.75. The highest BCUT2D eigenvalue weighted by Gasteiger charge is 2.20. The largest absolute Gasteiger partial charge is 0.456 e. The Labute approximate surface area is 314 Å². The van der Waals surface area contributed by atoms with Gasteiger partial charge in [-0.05, 0) is 98.2 Å². The zero-order valence-corrected chi connectivity index (χ0v) is 29.6. The fourth-order valence-corrected chi connectivity index (χ4v) is 7.87. The second-order valence-corrected chi connectivity index (χ2v) is 13.7. The minimum atomic E-state index is 0.874. The maximum Gasteiger partial charge on any atom is 0.136 e. The zero-order valence-electron chi connectivity index (χ0n) is 29.6. The summed E-state index contributed by atoms with van der Waals surface area (Å²) < 4.78 is 6.75. The van der Waals surface area contributed by atoms with Crippen molar-refractivity contribution in [1.82, 2.24) is 0 Å². The van der Waals surface area contributed by atoms with Crippen LogP contribution in [0.15, 0.2) is 217 Å². The molecule has 0 aliphatic carbocycles. The molecule has 0 saturated carbocycles. The van der Waals surface area contributed by atoms with E-state index < -0.39 is 0 Å². The van der Waals surface area contributed by atoms with E-state index in [4.69, 9.17) is 4.42 Å². The SMILES string of the molecule is c1ccc(-c2ccc(N(c3ccc(-c4ccccc4)cc3)c3ccccc3-c3ccc4c(c3)oc3cc(-c5ccccc5)c5ccccc5c34)cc2)cc1. The Balaban J connectivity index is 1.12. The Morgan fingerprint density at radius 2 is 0.778 bits per heavy atom. The van der Waals surface area contributed by atoms with Crippen molar-refractivity contribution in [1.29, 1.82) is 0 Å². The van der Waals surface area contributed by atoms with Crippen LogP contribution in [0, 0.1) is 0 Å². The van der Waals surface area contributed by atoms with Crippen molar-refractivity contribution in [2.45, 2.75) is 0 Å². The summed E-state index contributed by atoms with van der Waals surface area (Å²) in [6, 6.07) is 75.7. The summed E-state index contributed by atoms with van der Waals surface area (Å²) in [5, 5.41) is 4.69. The molecule has 0 radical (unpaired) electrons. The van der Waals surface area contributed by atoms with Crippen molar-refractivity contribution < 1.29 is 4.42 Å². The number of anilines is 3. The van der Waals surface area contributed by atoms with Gasteiger partial charge in [0.05, 0.1) is 5.69 Å². The molecule has 0 N–H and O–H groups in total. The maximum atomic E-state index is 6.75. The summed E-state index contributed by atoms with van der Waals surface area (Å²) in [4.78, 5) is 2.36. The second-order valence-electron chi connectivity index (χ2n) is 13.7. The van der Waals surface area contributed by atoms with Crippen LogP contribution in [-0.2, 0) is 0 Å². The number of para-hydroxylation sites is 1. The third-order valence-corrected chi connectivity index (χ3v) is 10.5. The molecule has 0 aliphatic heterocycles. The molecule has 1 aromatic heterocycles. The number of fused-ring (bicyclic) bond motifs is 5. The van der Waals surface area contributed by atoms with Crippen molar-refractivity contribution in [2.75, 3.05) is 4.90 Å². The first-order chi connectivity index (χ1) is 26.8. The van der Waals surface area contributed by atoms with Crippen molar-refractivity contribution in [2.24, 2.45) is 0 Å². The molecule has 0 spiro atoms. The Morgan fingerprint density at radius 3 is 1.39 bits per heavy atom. The fourth-order valence-electron chi connectivity index (χ4n) is 7.87. The Morgan fingerprint density at radius 1 is 0.296 bits per heavy atom. The van der Waals surface area contributed by atoms with Gasteiger partial charge in [-0.3, -0.25) is 0 Å². The number of benzene rings is 9. The fraction of sp³-hybridized carbons (Fsp3) is 0. The molecule has 10 aromatic rings. The summed E-state index contributed by atoms with van der Waals surface area (Å²) in [5.74, 6) is 0. The van der Waals surface area contributed by atoms with Crippen LogP contribution in [0.2, 0.25) is 0 Å². The first-order valence-electron chi connectivity index (χ1n) is 18.4. The lowest BCUT2D eigenvalue weighted by molar-refractivity contribution is 0.669. The molecule has 1 heterocycles. The predicted octanol–water partition coefficient (Wildman–Crippen LogP) is 14.9. The highest BCUT2D eigenvalue weighted by molar-refractivity contribution is 6.22. The van der Waals surface area contributed by atoms with Crippen molar-refractivity contribution in [3.05, 3.63) is 212 Å². The van der Waals surface area contributed by atoms with Gasteiger partial charge in [-0.25, -0.2) is 0 Å². The molecule has 0 unspecified atom stereocenters. The standard InChI is InChI=1S/C52H35NO/c1-4-14-36(15-5-1)38-24-29-42(30-25-38)53(43-31-26-39(27-32-43)37-16-6-2-7-17-37)49-23-13-12-20-44(49)41-28-33-47-50(34-41)54-51-35-48(40-18-8-3-9-19-40)45-21-10-11-22-46(45)52(47)51/h1-35H. The Kier molecular flexibility index (Phi) is 7.85. The topological polar surface area (TPSA) is 16.4 Å². The summed E-state index contributed by atoms with van der Waals surface area (Å²) in [6.07, 6.45) is 0. The molecule has 0 aliphatic rings. The lowest BCUT2D eigenvalue weighted by Gasteiger charge is -2.28. The van der Waals surface area contributed by atoms with Crippen LogP contribution < -0.4 is 4.90 Å². The van der Waals surface area contributed by atoms with E-state index in [1.165, 1.54) is 44.2 Å². The van der Waals surface area contributed by atoms with Crippen LogP contribution in [0.3, 0.4) is 0 Å². The molecule has 10 rings (SSSR count). The number of hydrogen-bond donors (Lipinski definition) is 0. The first kappa shape index (κ1) is 31.6. The number of furan rings is 1. The summed E-state index contributed by atoms with van der Waals surface area (Å²) in [7, 11) is 0. The van der Waals surface area contributed by atoms with Crippen molar-refractivity contribution in [3.8, 4) is 44.5 Å². The van der Waals surface area contributed by atoms with Crippen LogP contribution in [0.4, 0.5) is 17.1 Å². The van der Waals surface area contributed by atoms with E-state index in [2.05, 4.69) is 217 Å². The third kappa shape index (κ3) is 5.62. The monoisotopic (exact) mass is 689 g/mol. The minimum Gasteiger partial charge on any atom is -0.456 e. The molecule has 0 saturated heterocycles. The molecule has 0 bridgehead atoms. The molecular formula is C52H35NO. The average Bonchev–Trinajstić information content (AvgIpc) is 3.63. The van der Waals surface area contributed by atoms with Gasteiger partial charge in [0.15, 0.2) is 0 Å². The lowest BCUT2D eigenvalue weighted by Crippen LogP contribution is -2.11. The number of rotatable bonds is 7. The Bertz CT molecular complexity index is 2810. The molecule has 2 heteroatoms. The Hall–Kier alpha value is -7.16. The van der Waals surface area contributed by atoms with Crippen molar-refractivity contribution >= 4 is 49.8 Å². The smallest absolute Gasteiger partial charge is 0.136 e. The molecule has 2 nitrogen and oxygen atoms in total. The van der Waals surface area contributed by atoms with E-state index in [1.54, 1.807) is 0 Å². The van der Waals surface area contributed by atoms with Gasteiger partial charge in [-0.2, -0.15) is 0 Å². The van der Waals surface area contributed by atoms with Crippen LogP contribution in [0.5, 0.6) is 0 Å². The quantitative estimate of drug-likeness (QED) is 0.166. The van der Waals surface area contributed by atoms with E-state index in [0.29, 0.717) is 0 Å². The molecular weight excluding hydrogens is 655 g/mol. The molecule has 54 heavy (non-hydrogen) atoms. The number of hydrogen-bond acceptors (Lipinski definition) is 2. The van der Waals surface area contributed by atoms with E-state index >= 15 is 0 Å². The molecule has 0 fully saturated rings. The van der Waals surface area contributed by atoms with E-state index in [-0.39, 0.29) is 0 Å². The molecule has 9 aromatic carbocycles. The highest BCUT2D eigenvalue weighted by Crippen LogP contribution is 2.44. The van der Waals surface area contributed by atoms with Crippen molar-refractivity contribution in [3.63, 3.8) is 0 Å². The van der Waals surface area contributed by atoms with Gasteiger partial charge < -0.3 is 9.32 Å². The van der Waals surface area contributed by atoms with Gasteiger partial charge in [-0.1, -0.05) is 164 Å². The van der Waals surface area contributed by atoms with Gasteiger partial charge >= 0.3 is 0 Å².